The topological polar surface area (TPSA) is 29.5 Å². The summed E-state index contributed by atoms with van der Waals surface area (Å²) in [6.07, 6.45) is 4.58. The Morgan fingerprint density at radius 3 is 2.64 bits per heavy atom. The maximum atomic E-state index is 9.58. The largest absolute Gasteiger partial charge is 0.507 e. The zero-order valence-corrected chi connectivity index (χ0v) is 8.51. The van der Waals surface area contributed by atoms with Gasteiger partial charge in [-0.25, -0.2) is 0 Å². The van der Waals surface area contributed by atoms with Crippen molar-refractivity contribution in [1.82, 2.24) is 0 Å². The van der Waals surface area contributed by atoms with Gasteiger partial charge in [-0.1, -0.05) is 23.2 Å². The third-order valence-electron chi connectivity index (χ3n) is 1.83. The Hall–Kier alpha value is -1.12. The van der Waals surface area contributed by atoms with Crippen molar-refractivity contribution >= 4 is 29.0 Å². The standard InChI is InChI=1S/C10H6Cl2O2/c11-7-4-6-9(13)2-1-3-14-10(6)5-8(7)12/h1-5,13H. The molecule has 2 rings (SSSR count). The summed E-state index contributed by atoms with van der Waals surface area (Å²) in [5.74, 6) is 0.592. The van der Waals surface area contributed by atoms with Crippen LogP contribution < -0.4 is 4.74 Å². The smallest absolute Gasteiger partial charge is 0.139 e. The number of aliphatic hydroxyl groups excluding tert-OH is 1. The molecule has 2 nitrogen and oxygen atoms in total. The summed E-state index contributed by atoms with van der Waals surface area (Å²) in [6, 6.07) is 3.14. The SMILES string of the molecule is OC1=CC=COc2cc(Cl)c(Cl)cc21. The Labute approximate surface area is 91.0 Å². The molecule has 72 valence electrons. The van der Waals surface area contributed by atoms with E-state index in [1.165, 1.54) is 12.3 Å². The number of halogens is 2. The van der Waals surface area contributed by atoms with Gasteiger partial charge >= 0.3 is 0 Å². The molecule has 0 aliphatic carbocycles. The fraction of sp³-hybridized carbons (Fsp3) is 0. The summed E-state index contributed by atoms with van der Waals surface area (Å²) >= 11 is 11.6. The minimum Gasteiger partial charge on any atom is -0.507 e. The monoisotopic (exact) mass is 228 g/mol. The maximum absolute atomic E-state index is 9.58. The molecule has 4 heteroatoms. The fourth-order valence-corrected chi connectivity index (χ4v) is 1.48. The summed E-state index contributed by atoms with van der Waals surface area (Å²) < 4.78 is 5.22. The van der Waals surface area contributed by atoms with E-state index in [1.807, 2.05) is 0 Å². The van der Waals surface area contributed by atoms with Gasteiger partial charge in [0.15, 0.2) is 0 Å². The predicted molar refractivity (Wildman–Crippen MR) is 56.8 cm³/mol. The molecular weight excluding hydrogens is 223 g/mol. The zero-order chi connectivity index (χ0) is 10.1. The molecule has 0 fully saturated rings. The molecule has 1 N–H and O–H groups in total. The number of fused-ring (bicyclic) bond motifs is 1. The number of aliphatic hydroxyl groups is 1. The highest BCUT2D eigenvalue weighted by Crippen LogP contribution is 2.34. The van der Waals surface area contributed by atoms with Crippen molar-refractivity contribution in [2.75, 3.05) is 0 Å². The minimum atomic E-state index is 0.104. The Kier molecular flexibility index (Phi) is 2.40. The van der Waals surface area contributed by atoms with Crippen LogP contribution in [-0.2, 0) is 0 Å². The van der Waals surface area contributed by atoms with Crippen LogP contribution in [0.25, 0.3) is 5.76 Å². The first-order valence-electron chi connectivity index (χ1n) is 3.90. The van der Waals surface area contributed by atoms with E-state index in [1.54, 1.807) is 18.2 Å². The Morgan fingerprint density at radius 1 is 1.14 bits per heavy atom. The van der Waals surface area contributed by atoms with Crippen LogP contribution in [0.3, 0.4) is 0 Å². The number of rotatable bonds is 0. The van der Waals surface area contributed by atoms with Gasteiger partial charge in [0.05, 0.1) is 21.9 Å². The average molecular weight is 229 g/mol. The molecule has 0 aromatic heterocycles. The van der Waals surface area contributed by atoms with Gasteiger partial charge in [0.1, 0.15) is 11.5 Å². The number of ether oxygens (including phenoxy) is 1. The Morgan fingerprint density at radius 2 is 1.86 bits per heavy atom. The Balaban J connectivity index is 2.63. The molecule has 1 aromatic carbocycles. The van der Waals surface area contributed by atoms with E-state index in [4.69, 9.17) is 27.9 Å². The molecular formula is C10H6Cl2O2. The molecule has 0 saturated heterocycles. The molecule has 1 aromatic rings. The van der Waals surface area contributed by atoms with Crippen LogP contribution in [0.15, 0.2) is 30.5 Å². The van der Waals surface area contributed by atoms with Crippen molar-refractivity contribution in [2.45, 2.75) is 0 Å². The lowest BCUT2D eigenvalue weighted by Crippen LogP contribution is -1.89. The molecule has 1 aliphatic heterocycles. The predicted octanol–water partition coefficient (Wildman–Crippen LogP) is 3.80. The van der Waals surface area contributed by atoms with Crippen molar-refractivity contribution in [3.05, 3.63) is 46.2 Å². The normalized spacial score (nSPS) is 14.0. The summed E-state index contributed by atoms with van der Waals surface area (Å²) in [4.78, 5) is 0. The molecule has 1 aliphatic rings. The lowest BCUT2D eigenvalue weighted by Gasteiger charge is -2.07. The van der Waals surface area contributed by atoms with Gasteiger partial charge in [0.2, 0.25) is 0 Å². The van der Waals surface area contributed by atoms with Crippen LogP contribution in [0, 0.1) is 0 Å². The number of hydrogen-bond acceptors (Lipinski definition) is 2. The van der Waals surface area contributed by atoms with Gasteiger partial charge in [0.25, 0.3) is 0 Å². The minimum absolute atomic E-state index is 0.104. The first-order chi connectivity index (χ1) is 6.68. The van der Waals surface area contributed by atoms with Crippen molar-refractivity contribution in [3.8, 4) is 5.75 Å². The zero-order valence-electron chi connectivity index (χ0n) is 7.00. The van der Waals surface area contributed by atoms with Gasteiger partial charge in [0, 0.05) is 6.07 Å². The third kappa shape index (κ3) is 1.59. The molecule has 0 unspecified atom stereocenters. The summed E-state index contributed by atoms with van der Waals surface area (Å²) in [5.41, 5.74) is 0.532. The quantitative estimate of drug-likeness (QED) is 0.733. The number of allylic oxidation sites excluding steroid dienone is 2. The molecule has 0 radical (unpaired) electrons. The van der Waals surface area contributed by atoms with E-state index in [0.29, 0.717) is 21.4 Å². The molecule has 14 heavy (non-hydrogen) atoms. The lowest BCUT2D eigenvalue weighted by atomic mass is 10.1. The first kappa shape index (κ1) is 9.44. The highest BCUT2D eigenvalue weighted by molar-refractivity contribution is 6.42. The van der Waals surface area contributed by atoms with Crippen molar-refractivity contribution in [3.63, 3.8) is 0 Å². The van der Waals surface area contributed by atoms with Gasteiger partial charge in [-0.3, -0.25) is 0 Å². The first-order valence-corrected chi connectivity index (χ1v) is 4.66. The average Bonchev–Trinajstić information content (AvgIpc) is 2.31. The molecule has 0 amide bonds. The second-order valence-electron chi connectivity index (χ2n) is 2.76. The fourth-order valence-electron chi connectivity index (χ4n) is 1.16. The number of hydrogen-bond donors (Lipinski definition) is 1. The van der Waals surface area contributed by atoms with E-state index < -0.39 is 0 Å². The highest BCUT2D eigenvalue weighted by Gasteiger charge is 2.12. The van der Waals surface area contributed by atoms with Gasteiger partial charge in [-0.2, -0.15) is 0 Å². The van der Waals surface area contributed by atoms with Gasteiger partial charge in [-0.15, -0.1) is 0 Å². The molecule has 0 atom stereocenters. The van der Waals surface area contributed by atoms with Crippen molar-refractivity contribution in [1.29, 1.82) is 0 Å². The van der Waals surface area contributed by atoms with Crippen LogP contribution in [-0.4, -0.2) is 5.11 Å². The lowest BCUT2D eigenvalue weighted by molar-refractivity contribution is 0.471. The third-order valence-corrected chi connectivity index (χ3v) is 2.55. The second kappa shape index (κ2) is 3.56. The second-order valence-corrected chi connectivity index (χ2v) is 3.58. The highest BCUT2D eigenvalue weighted by atomic mass is 35.5. The van der Waals surface area contributed by atoms with Gasteiger partial charge < -0.3 is 9.84 Å². The van der Waals surface area contributed by atoms with E-state index in [0.717, 1.165) is 0 Å². The van der Waals surface area contributed by atoms with Crippen LogP contribution >= 0.6 is 23.2 Å². The molecule has 0 spiro atoms. The van der Waals surface area contributed by atoms with Crippen LogP contribution in [0.5, 0.6) is 5.75 Å². The summed E-state index contributed by atoms with van der Waals surface area (Å²) in [5, 5.41) is 10.4. The van der Waals surface area contributed by atoms with E-state index in [9.17, 15) is 5.11 Å². The summed E-state index contributed by atoms with van der Waals surface area (Å²) in [6.45, 7) is 0. The van der Waals surface area contributed by atoms with E-state index >= 15 is 0 Å². The van der Waals surface area contributed by atoms with Crippen molar-refractivity contribution in [2.24, 2.45) is 0 Å². The van der Waals surface area contributed by atoms with Crippen LogP contribution in [0.1, 0.15) is 5.56 Å². The Bertz CT molecular complexity index is 436. The molecule has 0 saturated carbocycles. The van der Waals surface area contributed by atoms with Crippen LogP contribution in [0.4, 0.5) is 0 Å². The summed E-state index contributed by atoms with van der Waals surface area (Å²) in [7, 11) is 0. The van der Waals surface area contributed by atoms with Crippen molar-refractivity contribution < 1.29 is 9.84 Å². The number of benzene rings is 1. The van der Waals surface area contributed by atoms with E-state index in [-0.39, 0.29) is 5.76 Å². The molecule has 0 bridgehead atoms. The van der Waals surface area contributed by atoms with E-state index in [2.05, 4.69) is 0 Å². The molecule has 1 heterocycles. The maximum Gasteiger partial charge on any atom is 0.139 e. The van der Waals surface area contributed by atoms with Crippen LogP contribution in [0.2, 0.25) is 10.0 Å². The van der Waals surface area contributed by atoms with Gasteiger partial charge in [-0.05, 0) is 18.2 Å².